The second-order valence-corrected chi connectivity index (χ2v) is 4.91. The van der Waals surface area contributed by atoms with Gasteiger partial charge in [0.1, 0.15) is 5.75 Å². The molecule has 1 rings (SSSR count). The fraction of sp³-hybridized carbons (Fsp3) is 0.385. The SMILES string of the molecule is CCOC(=O)Cc1cc(OC)c(SC(F)(F)F)cc1C#N. The smallest absolute Gasteiger partial charge is 0.446 e. The van der Waals surface area contributed by atoms with Crippen LogP contribution in [0.25, 0.3) is 0 Å². The van der Waals surface area contributed by atoms with E-state index >= 15 is 0 Å². The van der Waals surface area contributed by atoms with Crippen LogP contribution in [0.3, 0.4) is 0 Å². The standard InChI is InChI=1S/C13H12F3NO3S/c1-3-20-12(18)6-8-4-10(19-2)11(5-9(8)7-17)21-13(14,15)16/h4-5H,3,6H2,1-2H3. The molecule has 0 saturated heterocycles. The molecule has 0 unspecified atom stereocenters. The minimum atomic E-state index is -4.50. The molecule has 0 aliphatic heterocycles. The minimum Gasteiger partial charge on any atom is -0.496 e. The molecule has 0 aromatic heterocycles. The molecule has 0 aliphatic carbocycles. The van der Waals surface area contributed by atoms with Crippen LogP contribution in [-0.4, -0.2) is 25.2 Å². The van der Waals surface area contributed by atoms with Gasteiger partial charge in [0.25, 0.3) is 0 Å². The Bertz CT molecular complexity index is 567. The first-order valence-electron chi connectivity index (χ1n) is 5.83. The van der Waals surface area contributed by atoms with Crippen LogP contribution in [0, 0.1) is 11.3 Å². The zero-order valence-corrected chi connectivity index (χ0v) is 12.1. The number of nitrogens with zero attached hydrogens (tertiary/aromatic N) is 1. The Labute approximate surface area is 123 Å². The van der Waals surface area contributed by atoms with Gasteiger partial charge >= 0.3 is 11.5 Å². The van der Waals surface area contributed by atoms with Crippen LogP contribution >= 0.6 is 11.8 Å². The van der Waals surface area contributed by atoms with Crippen LogP contribution in [0.5, 0.6) is 5.75 Å². The maximum absolute atomic E-state index is 12.5. The van der Waals surface area contributed by atoms with E-state index < -0.39 is 11.5 Å². The fourth-order valence-electron chi connectivity index (χ4n) is 1.58. The summed E-state index contributed by atoms with van der Waals surface area (Å²) in [6.45, 7) is 1.81. The van der Waals surface area contributed by atoms with Crippen molar-refractivity contribution in [3.05, 3.63) is 23.3 Å². The van der Waals surface area contributed by atoms with Gasteiger partial charge in [-0.25, -0.2) is 0 Å². The van der Waals surface area contributed by atoms with Crippen LogP contribution in [-0.2, 0) is 16.0 Å². The van der Waals surface area contributed by atoms with Crippen LogP contribution in [0.2, 0.25) is 0 Å². The van der Waals surface area contributed by atoms with Crippen LogP contribution in [0.1, 0.15) is 18.1 Å². The summed E-state index contributed by atoms with van der Waals surface area (Å²) in [5, 5.41) is 9.01. The molecule has 1 aromatic rings. The molecule has 0 bridgehead atoms. The van der Waals surface area contributed by atoms with Gasteiger partial charge in [-0.2, -0.15) is 18.4 Å². The van der Waals surface area contributed by atoms with E-state index in [4.69, 9.17) is 14.7 Å². The highest BCUT2D eigenvalue weighted by Gasteiger charge is 2.31. The zero-order chi connectivity index (χ0) is 16.0. The van der Waals surface area contributed by atoms with Crippen molar-refractivity contribution in [2.24, 2.45) is 0 Å². The van der Waals surface area contributed by atoms with E-state index in [-0.39, 0.29) is 46.6 Å². The lowest BCUT2D eigenvalue weighted by atomic mass is 10.1. The van der Waals surface area contributed by atoms with Crippen molar-refractivity contribution in [2.45, 2.75) is 23.7 Å². The third-order valence-electron chi connectivity index (χ3n) is 2.38. The van der Waals surface area contributed by atoms with Gasteiger partial charge in [-0.3, -0.25) is 4.79 Å². The number of nitriles is 1. The summed E-state index contributed by atoms with van der Waals surface area (Å²) in [6.07, 6.45) is -0.204. The minimum absolute atomic E-state index is 0.0180. The number of hydrogen-bond acceptors (Lipinski definition) is 5. The van der Waals surface area contributed by atoms with Gasteiger partial charge in [0.2, 0.25) is 0 Å². The molecular weight excluding hydrogens is 307 g/mol. The number of carbonyl (C=O) groups excluding carboxylic acids is 1. The largest absolute Gasteiger partial charge is 0.496 e. The molecule has 8 heteroatoms. The molecule has 114 valence electrons. The highest BCUT2D eigenvalue weighted by molar-refractivity contribution is 8.00. The van der Waals surface area contributed by atoms with Gasteiger partial charge < -0.3 is 9.47 Å². The Balaban J connectivity index is 3.17. The normalized spacial score (nSPS) is 10.9. The average Bonchev–Trinajstić information content (AvgIpc) is 2.38. The van der Waals surface area contributed by atoms with E-state index in [2.05, 4.69) is 0 Å². The first-order valence-corrected chi connectivity index (χ1v) is 6.64. The molecule has 4 nitrogen and oxygen atoms in total. The van der Waals surface area contributed by atoms with Crippen molar-refractivity contribution in [3.63, 3.8) is 0 Å². The predicted molar refractivity (Wildman–Crippen MR) is 70.0 cm³/mol. The van der Waals surface area contributed by atoms with Crippen molar-refractivity contribution >= 4 is 17.7 Å². The number of thioether (sulfide) groups is 1. The summed E-state index contributed by atoms with van der Waals surface area (Å²) in [5.41, 5.74) is -4.25. The third kappa shape index (κ3) is 5.19. The van der Waals surface area contributed by atoms with Crippen molar-refractivity contribution in [1.29, 1.82) is 5.26 Å². The lowest BCUT2D eigenvalue weighted by Gasteiger charge is -2.13. The number of esters is 1. The van der Waals surface area contributed by atoms with E-state index in [0.717, 1.165) is 6.07 Å². The summed E-state index contributed by atoms with van der Waals surface area (Å²) < 4.78 is 47.0. The maximum Gasteiger partial charge on any atom is 0.446 e. The quantitative estimate of drug-likeness (QED) is 0.616. The van der Waals surface area contributed by atoms with Gasteiger partial charge in [0.05, 0.1) is 36.7 Å². The highest BCUT2D eigenvalue weighted by atomic mass is 32.2. The van der Waals surface area contributed by atoms with Gasteiger partial charge in [-0.1, -0.05) is 0 Å². The Morgan fingerprint density at radius 3 is 2.57 bits per heavy atom. The maximum atomic E-state index is 12.5. The summed E-state index contributed by atoms with van der Waals surface area (Å²) in [4.78, 5) is 11.2. The number of rotatable bonds is 5. The van der Waals surface area contributed by atoms with E-state index in [9.17, 15) is 18.0 Å². The molecule has 0 atom stereocenters. The molecule has 0 spiro atoms. The van der Waals surface area contributed by atoms with Crippen molar-refractivity contribution in [3.8, 4) is 11.8 Å². The molecule has 0 fully saturated rings. The molecule has 0 amide bonds. The molecule has 0 radical (unpaired) electrons. The van der Waals surface area contributed by atoms with Gasteiger partial charge in [0, 0.05) is 0 Å². The second-order valence-electron chi connectivity index (χ2n) is 3.80. The summed E-state index contributed by atoms with van der Waals surface area (Å²) in [7, 11) is 1.22. The Hall–Kier alpha value is -1.88. The van der Waals surface area contributed by atoms with Crippen molar-refractivity contribution in [1.82, 2.24) is 0 Å². The summed E-state index contributed by atoms with van der Waals surface area (Å²) >= 11 is -0.373. The molecule has 0 aliphatic rings. The average molecular weight is 319 g/mol. The molecular formula is C13H12F3NO3S. The van der Waals surface area contributed by atoms with E-state index in [1.54, 1.807) is 13.0 Å². The Kier molecular flexibility index (Phi) is 5.90. The lowest BCUT2D eigenvalue weighted by molar-refractivity contribution is -0.142. The predicted octanol–water partition coefficient (Wildman–Crippen LogP) is 3.28. The van der Waals surface area contributed by atoms with E-state index in [1.807, 2.05) is 0 Å². The van der Waals surface area contributed by atoms with Crippen molar-refractivity contribution in [2.75, 3.05) is 13.7 Å². The number of ether oxygens (including phenoxy) is 2. The number of carbonyl (C=O) groups is 1. The van der Waals surface area contributed by atoms with Crippen LogP contribution in [0.4, 0.5) is 13.2 Å². The summed E-state index contributed by atoms with van der Waals surface area (Å²) in [6, 6.07) is 4.09. The van der Waals surface area contributed by atoms with Gasteiger partial charge in [0.15, 0.2) is 0 Å². The Morgan fingerprint density at radius 2 is 2.10 bits per heavy atom. The number of methoxy groups -OCH3 is 1. The second kappa shape index (κ2) is 7.22. The van der Waals surface area contributed by atoms with Gasteiger partial charge in [-0.15, -0.1) is 0 Å². The molecule has 21 heavy (non-hydrogen) atoms. The number of hydrogen-bond donors (Lipinski definition) is 0. The third-order valence-corrected chi connectivity index (χ3v) is 3.15. The molecule has 1 aromatic carbocycles. The number of benzene rings is 1. The first kappa shape index (κ1) is 17.2. The van der Waals surface area contributed by atoms with Crippen molar-refractivity contribution < 1.29 is 27.4 Å². The van der Waals surface area contributed by atoms with E-state index in [1.165, 1.54) is 13.2 Å². The van der Waals surface area contributed by atoms with Crippen LogP contribution in [0.15, 0.2) is 17.0 Å². The zero-order valence-electron chi connectivity index (χ0n) is 11.3. The highest BCUT2D eigenvalue weighted by Crippen LogP contribution is 2.42. The first-order chi connectivity index (χ1) is 9.80. The summed E-state index contributed by atoms with van der Waals surface area (Å²) in [5.74, 6) is -0.608. The molecule has 0 saturated carbocycles. The van der Waals surface area contributed by atoms with Gasteiger partial charge in [-0.05, 0) is 36.4 Å². The molecule has 0 N–H and O–H groups in total. The number of alkyl halides is 3. The van der Waals surface area contributed by atoms with Crippen LogP contribution < -0.4 is 4.74 Å². The van der Waals surface area contributed by atoms with E-state index in [0.29, 0.717) is 0 Å². The Morgan fingerprint density at radius 1 is 1.43 bits per heavy atom. The lowest BCUT2D eigenvalue weighted by Crippen LogP contribution is -2.09. The monoisotopic (exact) mass is 319 g/mol. The number of halogens is 3. The topological polar surface area (TPSA) is 59.3 Å². The fourth-order valence-corrected chi connectivity index (χ4v) is 2.25. The molecule has 0 heterocycles.